The van der Waals surface area contributed by atoms with Crippen molar-refractivity contribution in [3.63, 3.8) is 0 Å². The Morgan fingerprint density at radius 1 is 1.04 bits per heavy atom. The van der Waals surface area contributed by atoms with Crippen LogP contribution in [0.2, 0.25) is 0 Å². The molecule has 0 saturated heterocycles. The van der Waals surface area contributed by atoms with Crippen LogP contribution in [0.4, 0.5) is 0 Å². The molecule has 9 nitrogen and oxygen atoms in total. The monoisotopic (exact) mass is 422 g/mol. The number of thiol groups is 1. The van der Waals surface area contributed by atoms with E-state index < -0.39 is 47.9 Å². The molecule has 0 aliphatic carbocycles. The minimum absolute atomic E-state index is 0.129. The van der Waals surface area contributed by atoms with Crippen LogP contribution >= 0.6 is 24.4 Å². The van der Waals surface area contributed by atoms with Crippen molar-refractivity contribution in [3.05, 3.63) is 0 Å². The van der Waals surface area contributed by atoms with E-state index in [4.69, 9.17) is 5.73 Å². The Morgan fingerprint density at radius 3 is 2.07 bits per heavy atom. The number of nitrogens with one attached hydrogen (secondary N) is 3. The third-order valence-electron chi connectivity index (χ3n) is 3.76. The van der Waals surface area contributed by atoms with Crippen molar-refractivity contribution in [1.82, 2.24) is 16.0 Å². The Bertz CT molecular complexity index is 533. The number of carboxylic acids is 1. The topological polar surface area (TPSA) is 151 Å². The molecular formula is C16H30N4O5S2. The fourth-order valence-corrected chi connectivity index (χ4v) is 2.67. The largest absolute Gasteiger partial charge is 0.480 e. The number of carboxylic acid groups (broad SMARTS) is 1. The number of nitrogens with two attached hydrogens (primary N) is 1. The summed E-state index contributed by atoms with van der Waals surface area (Å²) in [6.45, 7) is 4.91. The molecule has 0 aliphatic heterocycles. The molecule has 0 spiro atoms. The van der Waals surface area contributed by atoms with Crippen molar-refractivity contribution in [2.45, 2.75) is 51.4 Å². The number of hydrogen-bond acceptors (Lipinski definition) is 7. The molecule has 6 N–H and O–H groups in total. The number of carbonyl (C=O) groups excluding carboxylic acids is 3. The molecule has 4 unspecified atom stereocenters. The van der Waals surface area contributed by atoms with Crippen molar-refractivity contribution >= 4 is 48.1 Å². The Morgan fingerprint density at radius 2 is 1.63 bits per heavy atom. The lowest BCUT2D eigenvalue weighted by Gasteiger charge is -2.25. The number of carbonyl (C=O) groups is 4. The summed E-state index contributed by atoms with van der Waals surface area (Å²) in [5.41, 5.74) is 5.54. The van der Waals surface area contributed by atoms with Crippen LogP contribution in [0, 0.1) is 5.92 Å². The molecule has 0 saturated carbocycles. The fraction of sp³-hybridized carbons (Fsp3) is 0.750. The number of amides is 3. The summed E-state index contributed by atoms with van der Waals surface area (Å²) in [5.74, 6) is -2.40. The second-order valence-corrected chi connectivity index (χ2v) is 7.78. The number of rotatable bonds is 12. The van der Waals surface area contributed by atoms with Crippen LogP contribution in [0.3, 0.4) is 0 Å². The van der Waals surface area contributed by atoms with Crippen LogP contribution in [0.5, 0.6) is 0 Å². The molecule has 0 aliphatic rings. The van der Waals surface area contributed by atoms with E-state index in [-0.39, 0.29) is 18.1 Å². The first kappa shape index (κ1) is 25.5. The molecule has 0 aromatic heterocycles. The zero-order valence-electron chi connectivity index (χ0n) is 16.0. The minimum atomic E-state index is -1.13. The Balaban J connectivity index is 4.95. The Labute approximate surface area is 169 Å². The van der Waals surface area contributed by atoms with Gasteiger partial charge in [0, 0.05) is 5.75 Å². The van der Waals surface area contributed by atoms with Gasteiger partial charge >= 0.3 is 5.97 Å². The van der Waals surface area contributed by atoms with Crippen molar-refractivity contribution < 1.29 is 24.3 Å². The van der Waals surface area contributed by atoms with E-state index in [1.165, 1.54) is 18.7 Å². The van der Waals surface area contributed by atoms with Crippen LogP contribution < -0.4 is 21.7 Å². The van der Waals surface area contributed by atoms with Gasteiger partial charge < -0.3 is 26.8 Å². The number of thioether (sulfide) groups is 1. The van der Waals surface area contributed by atoms with Gasteiger partial charge in [-0.25, -0.2) is 4.79 Å². The van der Waals surface area contributed by atoms with Gasteiger partial charge in [0.25, 0.3) is 0 Å². The SMILES string of the molecule is CSCCC(NC(=O)C(NC(=O)C(C)NC(=O)C(N)CS)C(C)C)C(=O)O. The molecule has 0 fully saturated rings. The predicted molar refractivity (Wildman–Crippen MR) is 109 cm³/mol. The van der Waals surface area contributed by atoms with E-state index in [1.807, 2.05) is 6.26 Å². The second kappa shape index (κ2) is 12.8. The third kappa shape index (κ3) is 9.34. The van der Waals surface area contributed by atoms with Crippen LogP contribution in [0.1, 0.15) is 27.2 Å². The molecule has 0 heterocycles. The molecule has 11 heteroatoms. The van der Waals surface area contributed by atoms with Gasteiger partial charge in [-0.2, -0.15) is 24.4 Å². The summed E-state index contributed by atoms with van der Waals surface area (Å²) in [4.78, 5) is 47.9. The van der Waals surface area contributed by atoms with E-state index >= 15 is 0 Å². The molecule has 0 rings (SSSR count). The van der Waals surface area contributed by atoms with Gasteiger partial charge in [0.15, 0.2) is 0 Å². The second-order valence-electron chi connectivity index (χ2n) is 6.43. The zero-order chi connectivity index (χ0) is 21.1. The summed E-state index contributed by atoms with van der Waals surface area (Å²) in [6.07, 6.45) is 2.11. The highest BCUT2D eigenvalue weighted by atomic mass is 32.2. The Hall–Kier alpha value is -1.46. The molecule has 0 aromatic carbocycles. The molecule has 3 amide bonds. The minimum Gasteiger partial charge on any atom is -0.480 e. The van der Waals surface area contributed by atoms with Crippen LogP contribution in [0.15, 0.2) is 0 Å². The highest BCUT2D eigenvalue weighted by Crippen LogP contribution is 2.06. The maximum atomic E-state index is 12.5. The number of hydrogen-bond donors (Lipinski definition) is 6. The fourth-order valence-electron chi connectivity index (χ4n) is 2.04. The maximum Gasteiger partial charge on any atom is 0.326 e. The van der Waals surface area contributed by atoms with Crippen molar-refractivity contribution in [1.29, 1.82) is 0 Å². The van der Waals surface area contributed by atoms with E-state index in [2.05, 4.69) is 28.6 Å². The molecule has 27 heavy (non-hydrogen) atoms. The first-order chi connectivity index (χ1) is 12.5. The summed E-state index contributed by atoms with van der Waals surface area (Å²) in [5, 5.41) is 16.7. The summed E-state index contributed by atoms with van der Waals surface area (Å²) < 4.78 is 0. The molecule has 4 atom stereocenters. The van der Waals surface area contributed by atoms with Crippen LogP contribution in [-0.2, 0) is 19.2 Å². The smallest absolute Gasteiger partial charge is 0.326 e. The van der Waals surface area contributed by atoms with Gasteiger partial charge in [-0.15, -0.1) is 0 Å². The first-order valence-electron chi connectivity index (χ1n) is 8.54. The van der Waals surface area contributed by atoms with Gasteiger partial charge in [0.2, 0.25) is 17.7 Å². The maximum absolute atomic E-state index is 12.5. The summed E-state index contributed by atoms with van der Waals surface area (Å²) >= 11 is 5.40. The lowest BCUT2D eigenvalue weighted by molar-refractivity contribution is -0.142. The molecular weight excluding hydrogens is 392 g/mol. The van der Waals surface area contributed by atoms with E-state index in [9.17, 15) is 24.3 Å². The average Bonchev–Trinajstić information content (AvgIpc) is 2.60. The van der Waals surface area contributed by atoms with E-state index in [0.717, 1.165) is 0 Å². The third-order valence-corrected chi connectivity index (χ3v) is 4.79. The van der Waals surface area contributed by atoms with Crippen molar-refractivity contribution in [2.75, 3.05) is 17.8 Å². The highest BCUT2D eigenvalue weighted by molar-refractivity contribution is 7.98. The van der Waals surface area contributed by atoms with Gasteiger partial charge in [-0.3, -0.25) is 14.4 Å². The van der Waals surface area contributed by atoms with Gasteiger partial charge in [0.05, 0.1) is 6.04 Å². The molecule has 0 aromatic rings. The molecule has 156 valence electrons. The van der Waals surface area contributed by atoms with E-state index in [1.54, 1.807) is 13.8 Å². The van der Waals surface area contributed by atoms with Crippen molar-refractivity contribution in [3.8, 4) is 0 Å². The van der Waals surface area contributed by atoms with Crippen molar-refractivity contribution in [2.24, 2.45) is 11.7 Å². The zero-order valence-corrected chi connectivity index (χ0v) is 17.7. The lowest BCUT2D eigenvalue weighted by Crippen LogP contribution is -2.58. The number of aliphatic carboxylic acids is 1. The normalized spacial score (nSPS) is 15.4. The summed E-state index contributed by atoms with van der Waals surface area (Å²) in [6, 6.07) is -3.73. The molecule has 0 radical (unpaired) electrons. The average molecular weight is 423 g/mol. The van der Waals surface area contributed by atoms with Gasteiger partial charge in [-0.05, 0) is 31.3 Å². The predicted octanol–water partition coefficient (Wildman–Crippen LogP) is -0.788. The quantitative estimate of drug-likeness (QED) is 0.226. The van der Waals surface area contributed by atoms with Gasteiger partial charge in [-0.1, -0.05) is 13.8 Å². The first-order valence-corrected chi connectivity index (χ1v) is 10.6. The highest BCUT2D eigenvalue weighted by Gasteiger charge is 2.30. The Kier molecular flexibility index (Phi) is 12.1. The van der Waals surface area contributed by atoms with Crippen LogP contribution in [0.25, 0.3) is 0 Å². The van der Waals surface area contributed by atoms with E-state index in [0.29, 0.717) is 5.75 Å². The lowest BCUT2D eigenvalue weighted by atomic mass is 10.0. The standard InChI is InChI=1S/C16H30N4O5S2/c1-8(2)12(15(23)19-11(16(24)25)5-6-27-4)20-13(21)9(3)18-14(22)10(17)7-26/h8-12,26H,5-7,17H2,1-4H3,(H,18,22)(H,19,23)(H,20,21)(H,24,25). The summed E-state index contributed by atoms with van der Waals surface area (Å²) in [7, 11) is 0. The van der Waals surface area contributed by atoms with Gasteiger partial charge in [0.1, 0.15) is 18.1 Å². The van der Waals surface area contributed by atoms with Crippen LogP contribution in [-0.4, -0.2) is 70.7 Å². The molecule has 0 bridgehead atoms.